The molecule has 0 unspecified atom stereocenters. The van der Waals surface area contributed by atoms with Crippen molar-refractivity contribution < 1.29 is 9.59 Å². The Morgan fingerprint density at radius 2 is 1.73 bits per heavy atom. The van der Waals surface area contributed by atoms with Gasteiger partial charge in [0.05, 0.1) is 0 Å². The second-order valence-corrected chi connectivity index (χ2v) is 7.20. The van der Waals surface area contributed by atoms with Crippen LogP contribution in [0.25, 0.3) is 11.1 Å². The molecule has 0 aliphatic rings. The molecule has 0 spiro atoms. The fourth-order valence-electron chi connectivity index (χ4n) is 3.20. The topological polar surface area (TPSA) is 89.2 Å². The zero-order chi connectivity index (χ0) is 21.5. The maximum atomic E-state index is 12.4. The van der Waals surface area contributed by atoms with Crippen LogP contribution in [0.5, 0.6) is 0 Å². The Morgan fingerprint density at radius 1 is 1.00 bits per heavy atom. The number of hydrogen-bond acceptors (Lipinski definition) is 5. The Balaban J connectivity index is 1.61. The molecular weight excluding hydrogens is 376 g/mol. The lowest BCUT2D eigenvalue weighted by Crippen LogP contribution is -2.25. The first-order valence-electron chi connectivity index (χ1n) is 9.99. The lowest BCUT2D eigenvalue weighted by Gasteiger charge is -2.16. The molecule has 2 heterocycles. The molecule has 6 nitrogen and oxygen atoms in total. The second-order valence-electron chi connectivity index (χ2n) is 7.20. The summed E-state index contributed by atoms with van der Waals surface area (Å²) in [7, 11) is 1.81. The monoisotopic (exact) mass is 402 g/mol. The molecule has 0 bridgehead atoms. The number of Topliss-reactive ketones (excluding diaryl/α,β-unsaturated/α-hetero) is 1. The Bertz CT molecular complexity index is 1010. The van der Waals surface area contributed by atoms with Gasteiger partial charge in [0.15, 0.2) is 5.78 Å². The number of hydrogen-bond donors (Lipinski definition) is 1. The number of ketones is 1. The van der Waals surface area contributed by atoms with Crippen LogP contribution in [0.1, 0.15) is 41.4 Å². The van der Waals surface area contributed by atoms with Crippen LogP contribution in [-0.2, 0) is 17.8 Å². The van der Waals surface area contributed by atoms with Crippen molar-refractivity contribution in [3.8, 4) is 11.1 Å². The van der Waals surface area contributed by atoms with Crippen molar-refractivity contribution in [3.63, 3.8) is 0 Å². The molecular formula is C24H26N4O2. The summed E-state index contributed by atoms with van der Waals surface area (Å²) in [5.74, 6) is 0.556. The van der Waals surface area contributed by atoms with Gasteiger partial charge in [-0.1, -0.05) is 43.3 Å². The number of anilines is 1. The van der Waals surface area contributed by atoms with Crippen LogP contribution in [0.4, 0.5) is 5.82 Å². The fraction of sp³-hybridized carbons (Fsp3) is 0.250. The molecule has 30 heavy (non-hydrogen) atoms. The van der Waals surface area contributed by atoms with Crippen LogP contribution in [0.15, 0.2) is 60.9 Å². The quantitative estimate of drug-likeness (QED) is 0.577. The standard InChI is InChI=1S/C24H26N4O2/c1-3-23(30)28(2)16-17-6-8-18(9-7-17)20-10-12-21(27-15-20)22(29)13-11-19-5-4-14-26-24(19)25/h4-10,12,14-15H,3,11,13,16H2,1-2H3,(H2,25,26). The van der Waals surface area contributed by atoms with E-state index in [1.165, 1.54) is 0 Å². The lowest BCUT2D eigenvalue weighted by atomic mass is 10.0. The number of carbonyl (C=O) groups excluding carboxylic acids is 2. The number of pyridine rings is 2. The van der Waals surface area contributed by atoms with Crippen LogP contribution in [0.3, 0.4) is 0 Å². The maximum absolute atomic E-state index is 12.4. The molecule has 0 fully saturated rings. The largest absolute Gasteiger partial charge is 0.383 e. The van der Waals surface area contributed by atoms with E-state index >= 15 is 0 Å². The van der Waals surface area contributed by atoms with Gasteiger partial charge >= 0.3 is 0 Å². The molecule has 2 N–H and O–H groups in total. The van der Waals surface area contributed by atoms with Crippen LogP contribution in [0, 0.1) is 0 Å². The number of aryl methyl sites for hydroxylation is 1. The van der Waals surface area contributed by atoms with Crippen molar-refractivity contribution in [2.45, 2.75) is 32.7 Å². The fourth-order valence-corrected chi connectivity index (χ4v) is 3.20. The van der Waals surface area contributed by atoms with E-state index in [1.807, 2.05) is 56.4 Å². The van der Waals surface area contributed by atoms with E-state index in [4.69, 9.17) is 5.73 Å². The molecule has 0 atom stereocenters. The number of nitrogens with zero attached hydrogens (tertiary/aromatic N) is 3. The zero-order valence-corrected chi connectivity index (χ0v) is 17.3. The number of benzene rings is 1. The van der Waals surface area contributed by atoms with Gasteiger partial charge in [0.1, 0.15) is 11.5 Å². The van der Waals surface area contributed by atoms with Gasteiger partial charge in [-0.15, -0.1) is 0 Å². The molecule has 0 aliphatic carbocycles. The van der Waals surface area contributed by atoms with Gasteiger partial charge in [-0.05, 0) is 35.2 Å². The molecule has 154 valence electrons. The minimum Gasteiger partial charge on any atom is -0.383 e. The van der Waals surface area contributed by atoms with Crippen molar-refractivity contribution in [3.05, 3.63) is 77.7 Å². The highest BCUT2D eigenvalue weighted by molar-refractivity contribution is 5.94. The van der Waals surface area contributed by atoms with E-state index in [-0.39, 0.29) is 11.7 Å². The van der Waals surface area contributed by atoms with Gasteiger partial charge in [-0.2, -0.15) is 0 Å². The van der Waals surface area contributed by atoms with Gasteiger partial charge in [0, 0.05) is 44.4 Å². The summed E-state index contributed by atoms with van der Waals surface area (Å²) in [5.41, 5.74) is 10.2. The molecule has 0 saturated carbocycles. The van der Waals surface area contributed by atoms with Crippen molar-refractivity contribution in [2.24, 2.45) is 0 Å². The van der Waals surface area contributed by atoms with Gasteiger partial charge < -0.3 is 10.6 Å². The summed E-state index contributed by atoms with van der Waals surface area (Å²) in [6.45, 7) is 2.44. The normalized spacial score (nSPS) is 10.6. The molecule has 1 aromatic carbocycles. The Morgan fingerprint density at radius 3 is 2.37 bits per heavy atom. The highest BCUT2D eigenvalue weighted by atomic mass is 16.2. The van der Waals surface area contributed by atoms with Gasteiger partial charge in [-0.3, -0.25) is 14.6 Å². The average molecular weight is 402 g/mol. The van der Waals surface area contributed by atoms with Crippen LogP contribution < -0.4 is 5.73 Å². The van der Waals surface area contributed by atoms with Crippen molar-refractivity contribution in [1.82, 2.24) is 14.9 Å². The molecule has 0 radical (unpaired) electrons. The summed E-state index contributed by atoms with van der Waals surface area (Å²) in [6.07, 6.45) is 4.73. The van der Waals surface area contributed by atoms with Gasteiger partial charge in [-0.25, -0.2) is 4.98 Å². The van der Waals surface area contributed by atoms with Crippen LogP contribution >= 0.6 is 0 Å². The average Bonchev–Trinajstić information content (AvgIpc) is 2.78. The minimum absolute atomic E-state index is 0.0243. The summed E-state index contributed by atoms with van der Waals surface area (Å²) >= 11 is 0. The van der Waals surface area contributed by atoms with Crippen LogP contribution in [-0.4, -0.2) is 33.6 Å². The lowest BCUT2D eigenvalue weighted by molar-refractivity contribution is -0.130. The van der Waals surface area contributed by atoms with E-state index in [9.17, 15) is 9.59 Å². The molecule has 0 saturated heterocycles. The highest BCUT2D eigenvalue weighted by Crippen LogP contribution is 2.20. The number of nitrogen functional groups attached to an aromatic ring is 1. The molecule has 1 amide bonds. The van der Waals surface area contributed by atoms with E-state index < -0.39 is 0 Å². The second kappa shape index (κ2) is 9.78. The molecule has 6 heteroatoms. The smallest absolute Gasteiger partial charge is 0.222 e. The minimum atomic E-state index is -0.0243. The first-order valence-corrected chi connectivity index (χ1v) is 9.99. The third kappa shape index (κ3) is 5.29. The molecule has 0 aliphatic heterocycles. The SMILES string of the molecule is CCC(=O)N(C)Cc1ccc(-c2ccc(C(=O)CCc3cccnc3N)nc2)cc1. The molecule has 3 rings (SSSR count). The summed E-state index contributed by atoms with van der Waals surface area (Å²) in [4.78, 5) is 34.3. The third-order valence-electron chi connectivity index (χ3n) is 5.03. The molecule has 3 aromatic rings. The number of aromatic nitrogens is 2. The number of rotatable bonds is 8. The van der Waals surface area contributed by atoms with Crippen molar-refractivity contribution in [2.75, 3.05) is 12.8 Å². The van der Waals surface area contributed by atoms with Gasteiger partial charge in [0.25, 0.3) is 0 Å². The predicted molar refractivity (Wildman–Crippen MR) is 118 cm³/mol. The third-order valence-corrected chi connectivity index (χ3v) is 5.03. The first kappa shape index (κ1) is 21.2. The van der Waals surface area contributed by atoms with Crippen molar-refractivity contribution in [1.29, 1.82) is 0 Å². The van der Waals surface area contributed by atoms with E-state index in [0.717, 1.165) is 22.3 Å². The van der Waals surface area contributed by atoms with Gasteiger partial charge in [0.2, 0.25) is 5.91 Å². The first-order chi connectivity index (χ1) is 14.5. The van der Waals surface area contributed by atoms with Crippen molar-refractivity contribution >= 4 is 17.5 Å². The Labute approximate surface area is 176 Å². The van der Waals surface area contributed by atoms with E-state index in [2.05, 4.69) is 9.97 Å². The summed E-state index contributed by atoms with van der Waals surface area (Å²) in [6, 6.07) is 15.4. The molecule has 2 aromatic heterocycles. The number of carbonyl (C=O) groups is 2. The number of amides is 1. The Kier molecular flexibility index (Phi) is 6.91. The van der Waals surface area contributed by atoms with E-state index in [1.54, 1.807) is 23.4 Å². The summed E-state index contributed by atoms with van der Waals surface area (Å²) < 4.78 is 0. The number of nitrogens with two attached hydrogens (primary N) is 1. The zero-order valence-electron chi connectivity index (χ0n) is 17.3. The van der Waals surface area contributed by atoms with Crippen LogP contribution in [0.2, 0.25) is 0 Å². The highest BCUT2D eigenvalue weighted by Gasteiger charge is 2.10. The Hall–Kier alpha value is -3.54. The maximum Gasteiger partial charge on any atom is 0.222 e. The van der Waals surface area contributed by atoms with E-state index in [0.29, 0.717) is 37.3 Å². The predicted octanol–water partition coefficient (Wildman–Crippen LogP) is 3.91. The summed E-state index contributed by atoms with van der Waals surface area (Å²) in [5, 5.41) is 0.